The van der Waals surface area contributed by atoms with Crippen LogP contribution in [0.5, 0.6) is 0 Å². The summed E-state index contributed by atoms with van der Waals surface area (Å²) < 4.78 is 0. The first-order valence-corrected chi connectivity index (χ1v) is 5.62. The van der Waals surface area contributed by atoms with Crippen LogP contribution in [0.2, 0.25) is 0 Å². The molecule has 0 radical (unpaired) electrons. The van der Waals surface area contributed by atoms with Crippen molar-refractivity contribution >= 4 is 5.91 Å². The van der Waals surface area contributed by atoms with Crippen LogP contribution in [0.4, 0.5) is 0 Å². The zero-order valence-electron chi connectivity index (χ0n) is 10.1. The molecule has 0 spiro atoms. The van der Waals surface area contributed by atoms with Crippen LogP contribution in [0, 0.1) is 11.3 Å². The summed E-state index contributed by atoms with van der Waals surface area (Å²) in [6, 6.07) is 0.442. The van der Waals surface area contributed by atoms with Crippen molar-refractivity contribution in [1.29, 1.82) is 0 Å². The van der Waals surface area contributed by atoms with Gasteiger partial charge in [-0.1, -0.05) is 34.6 Å². The van der Waals surface area contributed by atoms with E-state index in [1.165, 1.54) is 0 Å². The smallest absolute Gasteiger partial charge is 0.222 e. The van der Waals surface area contributed by atoms with Gasteiger partial charge in [0, 0.05) is 19.0 Å². The molecule has 14 heavy (non-hydrogen) atoms. The normalized spacial score (nSPS) is 23.7. The average molecular weight is 197 g/mol. The Labute approximate surface area is 87.7 Å². The van der Waals surface area contributed by atoms with Gasteiger partial charge in [0.15, 0.2) is 0 Å². The van der Waals surface area contributed by atoms with Crippen LogP contribution in [0.1, 0.15) is 47.5 Å². The number of carbonyl (C=O) groups excluding carboxylic acids is 1. The van der Waals surface area contributed by atoms with Gasteiger partial charge in [-0.2, -0.15) is 0 Å². The van der Waals surface area contributed by atoms with Crippen molar-refractivity contribution in [2.24, 2.45) is 11.3 Å². The molecule has 0 N–H and O–H groups in total. The SMILES string of the molecule is CC(C)CN1C(=O)CCC1C(C)(C)C. The molecular weight excluding hydrogens is 174 g/mol. The number of hydrogen-bond acceptors (Lipinski definition) is 1. The molecule has 1 unspecified atom stereocenters. The minimum absolute atomic E-state index is 0.223. The Morgan fingerprint density at radius 2 is 2.00 bits per heavy atom. The Bertz CT molecular complexity index is 215. The molecule has 1 aliphatic rings. The summed E-state index contributed by atoms with van der Waals surface area (Å²) in [7, 11) is 0. The van der Waals surface area contributed by atoms with Gasteiger partial charge in [0.1, 0.15) is 0 Å². The van der Waals surface area contributed by atoms with Gasteiger partial charge in [-0.05, 0) is 17.8 Å². The van der Waals surface area contributed by atoms with Crippen LogP contribution in [0.3, 0.4) is 0 Å². The molecule has 1 amide bonds. The summed E-state index contributed by atoms with van der Waals surface area (Å²) in [6.45, 7) is 11.9. The molecule has 1 aliphatic heterocycles. The lowest BCUT2D eigenvalue weighted by Crippen LogP contribution is -2.43. The molecule has 0 aromatic carbocycles. The molecule has 0 aromatic rings. The topological polar surface area (TPSA) is 20.3 Å². The second-order valence-electron chi connectivity index (χ2n) is 5.86. The summed E-state index contributed by atoms with van der Waals surface area (Å²) in [5.41, 5.74) is 0.223. The maximum Gasteiger partial charge on any atom is 0.222 e. The number of nitrogens with zero attached hydrogens (tertiary/aromatic N) is 1. The van der Waals surface area contributed by atoms with Gasteiger partial charge in [-0.25, -0.2) is 0 Å². The Morgan fingerprint density at radius 3 is 2.43 bits per heavy atom. The predicted octanol–water partition coefficient (Wildman–Crippen LogP) is 2.68. The minimum atomic E-state index is 0.223. The Balaban J connectivity index is 2.72. The van der Waals surface area contributed by atoms with E-state index in [4.69, 9.17) is 0 Å². The maximum atomic E-state index is 11.7. The number of carbonyl (C=O) groups is 1. The largest absolute Gasteiger partial charge is 0.339 e. The van der Waals surface area contributed by atoms with Crippen LogP contribution in [0.15, 0.2) is 0 Å². The molecule has 0 aromatic heterocycles. The summed E-state index contributed by atoms with van der Waals surface area (Å²) in [5.74, 6) is 0.917. The van der Waals surface area contributed by atoms with Crippen molar-refractivity contribution in [2.45, 2.75) is 53.5 Å². The molecule has 0 bridgehead atoms. The van der Waals surface area contributed by atoms with Gasteiger partial charge >= 0.3 is 0 Å². The van der Waals surface area contributed by atoms with E-state index in [1.54, 1.807) is 0 Å². The van der Waals surface area contributed by atoms with Crippen LogP contribution >= 0.6 is 0 Å². The highest BCUT2D eigenvalue weighted by Crippen LogP contribution is 2.33. The average Bonchev–Trinajstić information content (AvgIpc) is 2.30. The second kappa shape index (κ2) is 3.92. The molecule has 1 fully saturated rings. The van der Waals surface area contributed by atoms with E-state index in [0.29, 0.717) is 17.9 Å². The lowest BCUT2D eigenvalue weighted by atomic mass is 9.85. The first-order chi connectivity index (χ1) is 6.32. The number of rotatable bonds is 2. The molecule has 1 heterocycles. The van der Waals surface area contributed by atoms with E-state index < -0.39 is 0 Å². The molecule has 1 saturated heterocycles. The minimum Gasteiger partial charge on any atom is -0.339 e. The molecule has 1 rings (SSSR count). The maximum absolute atomic E-state index is 11.7. The van der Waals surface area contributed by atoms with Gasteiger partial charge in [0.05, 0.1) is 0 Å². The van der Waals surface area contributed by atoms with Crippen molar-refractivity contribution in [3.8, 4) is 0 Å². The van der Waals surface area contributed by atoms with E-state index in [2.05, 4.69) is 39.5 Å². The van der Waals surface area contributed by atoms with Gasteiger partial charge in [0.25, 0.3) is 0 Å². The van der Waals surface area contributed by atoms with E-state index >= 15 is 0 Å². The first-order valence-electron chi connectivity index (χ1n) is 5.62. The number of amides is 1. The van der Waals surface area contributed by atoms with Crippen LogP contribution in [-0.4, -0.2) is 23.4 Å². The van der Waals surface area contributed by atoms with Crippen LogP contribution in [0.25, 0.3) is 0 Å². The zero-order chi connectivity index (χ0) is 10.9. The quantitative estimate of drug-likeness (QED) is 0.666. The standard InChI is InChI=1S/C12H23NO/c1-9(2)8-13-10(12(3,4)5)6-7-11(13)14/h9-10H,6-8H2,1-5H3. The fraction of sp³-hybridized carbons (Fsp3) is 0.917. The number of likely N-dealkylation sites (tertiary alicyclic amines) is 1. The fourth-order valence-corrected chi connectivity index (χ4v) is 2.26. The highest BCUT2D eigenvalue weighted by molar-refractivity contribution is 5.78. The molecule has 0 aliphatic carbocycles. The third-order valence-corrected chi connectivity index (χ3v) is 2.89. The van der Waals surface area contributed by atoms with E-state index in [0.717, 1.165) is 19.4 Å². The van der Waals surface area contributed by atoms with Crippen molar-refractivity contribution in [3.63, 3.8) is 0 Å². The van der Waals surface area contributed by atoms with Gasteiger partial charge in [-0.3, -0.25) is 4.79 Å². The fourth-order valence-electron chi connectivity index (χ4n) is 2.26. The Hall–Kier alpha value is -0.530. The third kappa shape index (κ3) is 2.49. The van der Waals surface area contributed by atoms with Gasteiger partial charge in [-0.15, -0.1) is 0 Å². The summed E-state index contributed by atoms with van der Waals surface area (Å²) >= 11 is 0. The molecule has 82 valence electrons. The van der Waals surface area contributed by atoms with E-state index in [9.17, 15) is 4.79 Å². The van der Waals surface area contributed by atoms with Crippen molar-refractivity contribution in [1.82, 2.24) is 4.90 Å². The lowest BCUT2D eigenvalue weighted by Gasteiger charge is -2.36. The first kappa shape index (κ1) is 11.5. The Kier molecular flexibility index (Phi) is 3.23. The molecule has 2 heteroatoms. The second-order valence-corrected chi connectivity index (χ2v) is 5.86. The van der Waals surface area contributed by atoms with Gasteiger partial charge in [0.2, 0.25) is 5.91 Å². The lowest BCUT2D eigenvalue weighted by molar-refractivity contribution is -0.130. The Morgan fingerprint density at radius 1 is 1.43 bits per heavy atom. The third-order valence-electron chi connectivity index (χ3n) is 2.89. The van der Waals surface area contributed by atoms with Gasteiger partial charge < -0.3 is 4.90 Å². The summed E-state index contributed by atoms with van der Waals surface area (Å²) in [5, 5.41) is 0. The molecule has 1 atom stereocenters. The summed E-state index contributed by atoms with van der Waals surface area (Å²) in [6.07, 6.45) is 1.78. The number of hydrogen-bond donors (Lipinski definition) is 0. The summed E-state index contributed by atoms with van der Waals surface area (Å²) in [4.78, 5) is 13.8. The van der Waals surface area contributed by atoms with Crippen LogP contribution in [-0.2, 0) is 4.79 Å². The monoisotopic (exact) mass is 197 g/mol. The van der Waals surface area contributed by atoms with E-state index in [1.807, 2.05) is 0 Å². The van der Waals surface area contributed by atoms with Crippen molar-refractivity contribution in [2.75, 3.05) is 6.54 Å². The molecule has 2 nitrogen and oxygen atoms in total. The van der Waals surface area contributed by atoms with Crippen molar-refractivity contribution in [3.05, 3.63) is 0 Å². The highest BCUT2D eigenvalue weighted by Gasteiger charge is 2.38. The van der Waals surface area contributed by atoms with Crippen molar-refractivity contribution < 1.29 is 4.79 Å². The van der Waals surface area contributed by atoms with E-state index in [-0.39, 0.29) is 5.41 Å². The zero-order valence-corrected chi connectivity index (χ0v) is 10.1. The molecular formula is C12H23NO. The predicted molar refractivity (Wildman–Crippen MR) is 59.0 cm³/mol. The van der Waals surface area contributed by atoms with Crippen LogP contribution < -0.4 is 0 Å². The molecule has 0 saturated carbocycles. The highest BCUT2D eigenvalue weighted by atomic mass is 16.2.